The summed E-state index contributed by atoms with van der Waals surface area (Å²) in [6, 6.07) is 0. The predicted octanol–water partition coefficient (Wildman–Crippen LogP) is -1.71. The molecule has 20 valence electrons. The average molecular weight is 50.0 g/mol. The third-order valence-corrected chi connectivity index (χ3v) is 0.354. The van der Waals surface area contributed by atoms with Crippen LogP contribution in [0.25, 0.3) is 0 Å². The van der Waals surface area contributed by atoms with E-state index in [0.29, 0.717) is 0 Å². The summed E-state index contributed by atoms with van der Waals surface area (Å²) in [6.45, 7) is 0. The summed E-state index contributed by atoms with van der Waals surface area (Å²) in [5.74, 6) is 0. The molecule has 0 nitrogen and oxygen atoms in total. The molecule has 1 heteroatoms. The van der Waals surface area contributed by atoms with Crippen LogP contribution in [0.2, 0.25) is 0 Å². The quantitative estimate of drug-likeness (QED) is 0.287. The SMILES string of the molecule is C1CC1.[H-].[Li+]. The topological polar surface area (TPSA) is 0 Å². The van der Waals surface area contributed by atoms with Gasteiger partial charge in [0, 0.05) is 0 Å². The molecule has 0 amide bonds. The van der Waals surface area contributed by atoms with Crippen molar-refractivity contribution in [3.8, 4) is 0 Å². The van der Waals surface area contributed by atoms with E-state index in [1.807, 2.05) is 0 Å². The van der Waals surface area contributed by atoms with Crippen molar-refractivity contribution in [2.45, 2.75) is 19.3 Å². The minimum absolute atomic E-state index is 0. The van der Waals surface area contributed by atoms with Gasteiger partial charge in [0.05, 0.1) is 0 Å². The minimum atomic E-state index is 0. The molecule has 1 aliphatic rings. The molecule has 1 aliphatic carbocycles. The minimum Gasteiger partial charge on any atom is -1.00 e. The summed E-state index contributed by atoms with van der Waals surface area (Å²) in [7, 11) is 0. The Morgan fingerprint density at radius 1 is 1.00 bits per heavy atom. The van der Waals surface area contributed by atoms with E-state index in [-0.39, 0.29) is 20.3 Å². The average Bonchev–Trinajstić information content (AvgIpc) is 1.46. The molecule has 0 saturated heterocycles. The first kappa shape index (κ1) is 4.60. The van der Waals surface area contributed by atoms with Gasteiger partial charge in [0.1, 0.15) is 0 Å². The van der Waals surface area contributed by atoms with Gasteiger partial charge >= 0.3 is 18.9 Å². The number of hydrogen-bond acceptors (Lipinski definition) is 0. The summed E-state index contributed by atoms with van der Waals surface area (Å²) in [4.78, 5) is 0. The Morgan fingerprint density at radius 2 is 1.25 bits per heavy atom. The Morgan fingerprint density at radius 3 is 1.25 bits per heavy atom. The van der Waals surface area contributed by atoms with E-state index in [4.69, 9.17) is 0 Å². The largest absolute Gasteiger partial charge is 1.00 e. The fourth-order valence-corrected chi connectivity index (χ4v) is 0. The van der Waals surface area contributed by atoms with Crippen molar-refractivity contribution in [3.63, 3.8) is 0 Å². The van der Waals surface area contributed by atoms with Crippen molar-refractivity contribution < 1.29 is 20.3 Å². The van der Waals surface area contributed by atoms with Crippen LogP contribution in [0, 0.1) is 0 Å². The van der Waals surface area contributed by atoms with E-state index >= 15 is 0 Å². The maximum atomic E-state index is 1.50. The summed E-state index contributed by atoms with van der Waals surface area (Å²) < 4.78 is 0. The Hall–Kier alpha value is 0.597. The second-order valence-electron chi connectivity index (χ2n) is 1.06. The van der Waals surface area contributed by atoms with Crippen LogP contribution in [0.15, 0.2) is 0 Å². The molecule has 0 spiro atoms. The third kappa shape index (κ3) is 2.60. The molecule has 0 unspecified atom stereocenters. The first-order chi connectivity index (χ1) is 1.50. The monoisotopic (exact) mass is 50.1 g/mol. The maximum Gasteiger partial charge on any atom is 1.00 e. The van der Waals surface area contributed by atoms with Gasteiger partial charge in [-0.3, -0.25) is 0 Å². The van der Waals surface area contributed by atoms with Gasteiger partial charge < -0.3 is 1.43 Å². The molecular weight excluding hydrogens is 43.0 g/mol. The fraction of sp³-hybridized carbons (Fsp3) is 1.00. The molecule has 0 aliphatic heterocycles. The molecule has 0 bridgehead atoms. The standard InChI is InChI=1S/C3H6.Li.H/c1-2-3-1;;/h1-3H2;;/q;+1;-1. The van der Waals surface area contributed by atoms with Crippen molar-refractivity contribution in [2.75, 3.05) is 0 Å². The first-order valence-electron chi connectivity index (χ1n) is 1.50. The molecule has 1 fully saturated rings. The van der Waals surface area contributed by atoms with Gasteiger partial charge in [-0.05, 0) is 0 Å². The Kier molecular flexibility index (Phi) is 2.16. The van der Waals surface area contributed by atoms with Gasteiger partial charge in [0.2, 0.25) is 0 Å². The second kappa shape index (κ2) is 1.88. The van der Waals surface area contributed by atoms with Gasteiger partial charge in [-0.1, -0.05) is 19.3 Å². The van der Waals surface area contributed by atoms with E-state index in [2.05, 4.69) is 0 Å². The molecule has 0 heterocycles. The first-order valence-corrected chi connectivity index (χ1v) is 1.50. The van der Waals surface area contributed by atoms with Gasteiger partial charge in [0.15, 0.2) is 0 Å². The van der Waals surface area contributed by atoms with Crippen LogP contribution in [-0.2, 0) is 0 Å². The Balaban J connectivity index is 0. The van der Waals surface area contributed by atoms with Crippen LogP contribution in [0.1, 0.15) is 20.7 Å². The summed E-state index contributed by atoms with van der Waals surface area (Å²) in [6.07, 6.45) is 4.50. The van der Waals surface area contributed by atoms with E-state index < -0.39 is 0 Å². The summed E-state index contributed by atoms with van der Waals surface area (Å²) in [5, 5.41) is 0. The van der Waals surface area contributed by atoms with E-state index in [0.717, 1.165) is 0 Å². The van der Waals surface area contributed by atoms with Crippen LogP contribution >= 0.6 is 0 Å². The van der Waals surface area contributed by atoms with Gasteiger partial charge in [0.25, 0.3) is 0 Å². The van der Waals surface area contributed by atoms with Gasteiger partial charge in [-0.25, -0.2) is 0 Å². The molecule has 0 aromatic rings. The number of hydrogen-bond donors (Lipinski definition) is 0. The van der Waals surface area contributed by atoms with Gasteiger partial charge in [-0.15, -0.1) is 0 Å². The third-order valence-electron chi connectivity index (χ3n) is 0.354. The molecular formula is C3H7Li. The van der Waals surface area contributed by atoms with Gasteiger partial charge in [-0.2, -0.15) is 0 Å². The van der Waals surface area contributed by atoms with Crippen molar-refractivity contribution in [2.24, 2.45) is 0 Å². The van der Waals surface area contributed by atoms with E-state index in [1.165, 1.54) is 19.3 Å². The summed E-state index contributed by atoms with van der Waals surface area (Å²) in [5.41, 5.74) is 0. The smallest absolute Gasteiger partial charge is 1.00 e. The normalized spacial score (nSPS) is 18.0. The summed E-state index contributed by atoms with van der Waals surface area (Å²) >= 11 is 0. The van der Waals surface area contributed by atoms with Crippen molar-refractivity contribution in [1.29, 1.82) is 0 Å². The van der Waals surface area contributed by atoms with Crippen LogP contribution in [-0.4, -0.2) is 0 Å². The predicted molar refractivity (Wildman–Crippen MR) is 15.0 cm³/mol. The molecule has 0 atom stereocenters. The zero-order valence-electron chi connectivity index (χ0n) is 4.12. The fourth-order valence-electron chi connectivity index (χ4n) is 0. The molecule has 0 N–H and O–H groups in total. The number of rotatable bonds is 0. The maximum absolute atomic E-state index is 1.50. The zero-order valence-corrected chi connectivity index (χ0v) is 3.12. The molecule has 0 radical (unpaired) electrons. The molecule has 1 saturated carbocycles. The van der Waals surface area contributed by atoms with E-state index in [9.17, 15) is 0 Å². The van der Waals surface area contributed by atoms with E-state index in [1.54, 1.807) is 0 Å². The molecule has 4 heavy (non-hydrogen) atoms. The van der Waals surface area contributed by atoms with Crippen molar-refractivity contribution in [3.05, 3.63) is 0 Å². The second-order valence-corrected chi connectivity index (χ2v) is 1.06. The molecule has 0 aromatic heterocycles. The van der Waals surface area contributed by atoms with Crippen molar-refractivity contribution >= 4 is 0 Å². The zero-order chi connectivity index (χ0) is 2.12. The molecule has 1 rings (SSSR count). The van der Waals surface area contributed by atoms with Crippen LogP contribution in [0.4, 0.5) is 0 Å². The Labute approximate surface area is 40.2 Å². The van der Waals surface area contributed by atoms with Crippen LogP contribution in [0.5, 0.6) is 0 Å². The Bertz CT molecular complexity index is 11.6. The van der Waals surface area contributed by atoms with Crippen LogP contribution < -0.4 is 18.9 Å². The van der Waals surface area contributed by atoms with Crippen molar-refractivity contribution in [1.82, 2.24) is 0 Å². The molecule has 0 aromatic carbocycles. The van der Waals surface area contributed by atoms with Crippen LogP contribution in [0.3, 0.4) is 0 Å².